The lowest BCUT2D eigenvalue weighted by Gasteiger charge is -2.35. The summed E-state index contributed by atoms with van der Waals surface area (Å²) in [7, 11) is 0. The molecule has 0 aliphatic carbocycles. The van der Waals surface area contributed by atoms with Crippen molar-refractivity contribution in [2.24, 2.45) is 5.92 Å². The van der Waals surface area contributed by atoms with Crippen molar-refractivity contribution in [3.63, 3.8) is 0 Å². The third kappa shape index (κ3) is 11.5. The molecule has 1 atom stereocenters. The number of fused-ring (bicyclic) bond motifs is 1. The van der Waals surface area contributed by atoms with Crippen molar-refractivity contribution in [3.8, 4) is 5.75 Å². The molecule has 6 heterocycles. The van der Waals surface area contributed by atoms with Crippen LogP contribution in [0.5, 0.6) is 5.75 Å². The zero-order valence-electron chi connectivity index (χ0n) is 35.5. The largest absolute Gasteiger partial charge is 0.493 e. The lowest BCUT2D eigenvalue weighted by molar-refractivity contribution is -0.136. The van der Waals surface area contributed by atoms with Crippen LogP contribution in [-0.2, 0) is 19.2 Å². The topological polar surface area (TPSA) is 204 Å². The first kappa shape index (κ1) is 44.5. The third-order valence-corrected chi connectivity index (χ3v) is 12.2. The van der Waals surface area contributed by atoms with E-state index in [0.29, 0.717) is 82.7 Å². The SMILES string of the molecule is O=C(/C=C/c1cccnc1)NCCCCC1CCN(C(=O)c2ccc(N3CCN(C(=O)CCCCCCOc4cccc5c4C(=O)N(C4CCC(=O)NC4=O)C5=O)CC3)nn2)CC1. The number of likely N-dealkylation sites (tertiary alicyclic amines) is 1. The minimum absolute atomic E-state index is 0.0509. The Kier molecular flexibility index (Phi) is 15.2. The highest BCUT2D eigenvalue weighted by Gasteiger charge is 2.46. The van der Waals surface area contributed by atoms with Crippen LogP contribution in [0.4, 0.5) is 5.82 Å². The van der Waals surface area contributed by atoms with Crippen LogP contribution in [0.2, 0.25) is 0 Å². The fraction of sp³-hybridized carbons (Fsp3) is 0.478. The average Bonchev–Trinajstić information content (AvgIpc) is 3.56. The number of piperidine rings is 2. The fourth-order valence-corrected chi connectivity index (χ4v) is 8.53. The molecule has 0 saturated carbocycles. The molecule has 17 nitrogen and oxygen atoms in total. The van der Waals surface area contributed by atoms with Gasteiger partial charge in [0, 0.05) is 77.1 Å². The van der Waals surface area contributed by atoms with Crippen molar-refractivity contribution in [3.05, 3.63) is 83.3 Å². The Hall–Kier alpha value is -6.52. The van der Waals surface area contributed by atoms with Crippen LogP contribution in [0, 0.1) is 5.92 Å². The summed E-state index contributed by atoms with van der Waals surface area (Å²) in [5.41, 5.74) is 1.53. The second-order valence-corrected chi connectivity index (χ2v) is 16.4. The molecule has 4 aliphatic heterocycles. The lowest BCUT2D eigenvalue weighted by atomic mass is 9.91. The molecule has 17 heteroatoms. The van der Waals surface area contributed by atoms with Crippen LogP contribution in [0.1, 0.15) is 114 Å². The summed E-state index contributed by atoms with van der Waals surface area (Å²) in [5, 5.41) is 13.8. The Bertz CT molecular complexity index is 2170. The molecule has 332 valence electrons. The summed E-state index contributed by atoms with van der Waals surface area (Å²) < 4.78 is 5.93. The number of amides is 7. The number of ether oxygens (including phenoxy) is 1. The fourth-order valence-electron chi connectivity index (χ4n) is 8.53. The van der Waals surface area contributed by atoms with Gasteiger partial charge in [0.1, 0.15) is 11.8 Å². The van der Waals surface area contributed by atoms with Crippen molar-refractivity contribution >= 4 is 53.2 Å². The quantitative estimate of drug-likeness (QED) is 0.107. The van der Waals surface area contributed by atoms with Crippen LogP contribution in [0.15, 0.2) is 60.9 Å². The van der Waals surface area contributed by atoms with E-state index in [-0.39, 0.29) is 47.4 Å². The molecular weight excluding hydrogens is 807 g/mol. The maximum absolute atomic E-state index is 13.3. The molecule has 0 radical (unpaired) electrons. The van der Waals surface area contributed by atoms with Crippen LogP contribution in [-0.4, -0.2) is 130 Å². The van der Waals surface area contributed by atoms with E-state index < -0.39 is 29.7 Å². The zero-order chi connectivity index (χ0) is 44.1. The molecule has 3 saturated heterocycles. The number of hydrogen-bond donors (Lipinski definition) is 2. The summed E-state index contributed by atoms with van der Waals surface area (Å²) in [6.07, 6.45) is 15.2. The maximum atomic E-state index is 13.3. The minimum atomic E-state index is -1.04. The smallest absolute Gasteiger partial charge is 0.274 e. The number of aromatic nitrogens is 3. The van der Waals surface area contributed by atoms with E-state index in [1.54, 1.807) is 36.7 Å². The van der Waals surface area contributed by atoms with Crippen molar-refractivity contribution in [1.82, 2.24) is 40.5 Å². The van der Waals surface area contributed by atoms with E-state index in [9.17, 15) is 33.6 Å². The van der Waals surface area contributed by atoms with Gasteiger partial charge in [0.05, 0.1) is 17.7 Å². The van der Waals surface area contributed by atoms with Crippen LogP contribution in [0.25, 0.3) is 6.08 Å². The second kappa shape index (κ2) is 21.5. The minimum Gasteiger partial charge on any atom is -0.493 e. The van der Waals surface area contributed by atoms with Gasteiger partial charge in [-0.3, -0.25) is 48.8 Å². The number of pyridine rings is 1. The van der Waals surface area contributed by atoms with Gasteiger partial charge in [-0.25, -0.2) is 0 Å². The number of imide groups is 2. The average molecular weight is 862 g/mol. The Balaban J connectivity index is 0.734. The summed E-state index contributed by atoms with van der Waals surface area (Å²) in [6, 6.07) is 11.1. The van der Waals surface area contributed by atoms with Crippen molar-refractivity contribution < 1.29 is 38.3 Å². The van der Waals surface area contributed by atoms with Crippen LogP contribution < -0.4 is 20.3 Å². The number of anilines is 1. The maximum Gasteiger partial charge on any atom is 0.274 e. The van der Waals surface area contributed by atoms with Gasteiger partial charge in [-0.1, -0.05) is 37.8 Å². The number of carbonyl (C=O) groups excluding carboxylic acids is 7. The van der Waals surface area contributed by atoms with Gasteiger partial charge < -0.3 is 24.8 Å². The van der Waals surface area contributed by atoms with E-state index in [1.807, 2.05) is 28.0 Å². The Morgan fingerprint density at radius 3 is 2.37 bits per heavy atom. The van der Waals surface area contributed by atoms with Crippen molar-refractivity contribution in [2.45, 2.75) is 83.1 Å². The number of nitrogens with zero attached hydrogens (tertiary/aromatic N) is 7. The Morgan fingerprint density at radius 2 is 1.62 bits per heavy atom. The number of carbonyl (C=O) groups is 7. The van der Waals surface area contributed by atoms with Gasteiger partial charge in [-0.15, -0.1) is 10.2 Å². The standard InChI is InChI=1S/C46H55N9O8/c56-39(18-14-33-10-8-22-47-31-33)48-23-5-4-9-32-20-24-54(25-21-32)45(61)35-15-17-38(51-50-35)52-26-28-53(29-27-52)41(58)13-3-1-2-6-30-63-37-12-7-11-34-42(37)46(62)55(44(34)60)36-16-19-40(57)49-43(36)59/h7-8,10-12,14-15,17-18,22,31-32,36H,1-6,9,13,16,19-21,23-30H2,(H,48,56)(H,49,57,59)/b18-14+. The highest BCUT2D eigenvalue weighted by Crippen LogP contribution is 2.34. The third-order valence-electron chi connectivity index (χ3n) is 12.2. The molecular formula is C46H55N9O8. The lowest BCUT2D eigenvalue weighted by Crippen LogP contribution is -2.54. The molecule has 7 rings (SSSR count). The van der Waals surface area contributed by atoms with Crippen molar-refractivity contribution in [2.75, 3.05) is 57.3 Å². The van der Waals surface area contributed by atoms with Gasteiger partial charge >= 0.3 is 0 Å². The summed E-state index contributed by atoms with van der Waals surface area (Å²) in [5.74, 6) is -0.841. The molecule has 0 spiro atoms. The number of benzene rings is 1. The molecule has 3 fully saturated rings. The normalized spacial score (nSPS) is 18.2. The summed E-state index contributed by atoms with van der Waals surface area (Å²) in [4.78, 5) is 99.4. The molecule has 0 bridgehead atoms. The van der Waals surface area contributed by atoms with Gasteiger partial charge in [0.2, 0.25) is 23.6 Å². The van der Waals surface area contributed by atoms with E-state index in [2.05, 4.69) is 30.7 Å². The molecule has 1 unspecified atom stereocenters. The molecule has 2 N–H and O–H groups in total. The second-order valence-electron chi connectivity index (χ2n) is 16.4. The molecule has 7 amide bonds. The van der Waals surface area contributed by atoms with Crippen LogP contribution >= 0.6 is 0 Å². The van der Waals surface area contributed by atoms with Crippen molar-refractivity contribution in [1.29, 1.82) is 0 Å². The zero-order valence-corrected chi connectivity index (χ0v) is 35.5. The molecule has 63 heavy (non-hydrogen) atoms. The highest BCUT2D eigenvalue weighted by molar-refractivity contribution is 6.24. The number of nitrogens with one attached hydrogen (secondary N) is 2. The van der Waals surface area contributed by atoms with E-state index in [0.717, 1.165) is 61.8 Å². The monoisotopic (exact) mass is 861 g/mol. The first-order valence-corrected chi connectivity index (χ1v) is 22.2. The van der Waals surface area contributed by atoms with Gasteiger partial charge in [0.15, 0.2) is 11.5 Å². The summed E-state index contributed by atoms with van der Waals surface area (Å²) in [6.45, 7) is 4.72. The number of rotatable bonds is 18. The first-order valence-electron chi connectivity index (χ1n) is 22.2. The predicted octanol–water partition coefficient (Wildman–Crippen LogP) is 3.80. The molecule has 1 aromatic carbocycles. The molecule has 4 aliphatic rings. The summed E-state index contributed by atoms with van der Waals surface area (Å²) >= 11 is 0. The van der Waals surface area contributed by atoms with E-state index in [4.69, 9.17) is 4.74 Å². The highest BCUT2D eigenvalue weighted by atomic mass is 16.5. The Morgan fingerprint density at radius 1 is 0.810 bits per heavy atom. The number of hydrogen-bond acceptors (Lipinski definition) is 12. The number of unbranched alkanes of at least 4 members (excludes halogenated alkanes) is 4. The Labute approximate surface area is 366 Å². The van der Waals surface area contributed by atoms with Crippen LogP contribution in [0.3, 0.4) is 0 Å². The first-order chi connectivity index (χ1) is 30.7. The van der Waals surface area contributed by atoms with Gasteiger partial charge in [-0.05, 0) is 86.4 Å². The molecule has 3 aromatic rings. The molecule has 2 aromatic heterocycles. The predicted molar refractivity (Wildman–Crippen MR) is 231 cm³/mol. The van der Waals surface area contributed by atoms with E-state index in [1.165, 1.54) is 12.1 Å². The van der Waals surface area contributed by atoms with Gasteiger partial charge in [0.25, 0.3) is 17.7 Å². The van der Waals surface area contributed by atoms with Gasteiger partial charge in [-0.2, -0.15) is 0 Å². The number of piperazine rings is 1. The van der Waals surface area contributed by atoms with E-state index >= 15 is 0 Å².